The van der Waals surface area contributed by atoms with E-state index in [9.17, 15) is 9.59 Å². The van der Waals surface area contributed by atoms with Crippen molar-refractivity contribution in [1.29, 1.82) is 0 Å². The molecule has 1 aromatic heterocycles. The normalized spacial score (nSPS) is 16.7. The number of para-hydroxylation sites is 1. The minimum absolute atomic E-state index is 0.0616. The summed E-state index contributed by atoms with van der Waals surface area (Å²) in [6.45, 7) is 3.81. The topological polar surface area (TPSA) is 76.1 Å². The second kappa shape index (κ2) is 7.93. The summed E-state index contributed by atoms with van der Waals surface area (Å²) >= 11 is 5.27. The molecule has 1 saturated heterocycles. The predicted octanol–water partition coefficient (Wildman–Crippen LogP) is 2.38. The number of carbonyl (C=O) groups excluding carboxylic acids is 1. The van der Waals surface area contributed by atoms with Gasteiger partial charge in [-0.3, -0.25) is 14.2 Å². The molecule has 7 heteroatoms. The van der Waals surface area contributed by atoms with E-state index < -0.39 is 0 Å². The van der Waals surface area contributed by atoms with Crippen LogP contribution < -0.4 is 10.9 Å². The van der Waals surface area contributed by atoms with Gasteiger partial charge >= 0.3 is 0 Å². The lowest BCUT2D eigenvalue weighted by Gasteiger charge is -2.28. The van der Waals surface area contributed by atoms with Crippen LogP contribution >= 0.6 is 12.2 Å². The van der Waals surface area contributed by atoms with Gasteiger partial charge in [0.15, 0.2) is 4.77 Å². The zero-order valence-corrected chi connectivity index (χ0v) is 15.1. The van der Waals surface area contributed by atoms with Crippen LogP contribution in [0.15, 0.2) is 29.1 Å². The maximum absolute atomic E-state index is 12.6. The summed E-state index contributed by atoms with van der Waals surface area (Å²) in [6, 6.07) is 7.35. The van der Waals surface area contributed by atoms with Gasteiger partial charge in [0.2, 0.25) is 5.91 Å². The fourth-order valence-corrected chi connectivity index (χ4v) is 3.56. The van der Waals surface area contributed by atoms with Crippen LogP contribution in [-0.4, -0.2) is 34.7 Å². The number of amides is 1. The molecule has 1 atom stereocenters. The summed E-state index contributed by atoms with van der Waals surface area (Å²) in [6.07, 6.45) is 2.16. The number of ether oxygens (including phenoxy) is 1. The van der Waals surface area contributed by atoms with Crippen LogP contribution in [0.4, 0.5) is 0 Å². The monoisotopic (exact) mass is 361 g/mol. The summed E-state index contributed by atoms with van der Waals surface area (Å²) in [4.78, 5) is 27.9. The van der Waals surface area contributed by atoms with E-state index >= 15 is 0 Å². The highest BCUT2D eigenvalue weighted by atomic mass is 32.1. The standard InChI is InChI=1S/C18H23N3O3S/c1-12(13-7-10-24-11-8-13)19-16(22)6-9-21-17(23)14-4-2-3-5-15(14)20-18(21)25/h2-5,12-13H,6-11H2,1H3,(H,19,22)(H,20,25)/t12-/m1/s1. The van der Waals surface area contributed by atoms with Crippen LogP contribution in [0, 0.1) is 10.7 Å². The SMILES string of the molecule is C[C@@H](NC(=O)CCn1c(=S)[nH]c2ccccc2c1=O)C1CCOCC1. The number of fused-ring (bicyclic) bond motifs is 1. The molecule has 0 radical (unpaired) electrons. The Morgan fingerprint density at radius 1 is 1.40 bits per heavy atom. The second-order valence-electron chi connectivity index (χ2n) is 6.49. The van der Waals surface area contributed by atoms with Crippen LogP contribution in [0.3, 0.4) is 0 Å². The molecule has 6 nitrogen and oxygen atoms in total. The van der Waals surface area contributed by atoms with E-state index in [1.165, 1.54) is 4.57 Å². The lowest BCUT2D eigenvalue weighted by atomic mass is 9.93. The van der Waals surface area contributed by atoms with Gasteiger partial charge in [-0.1, -0.05) is 12.1 Å². The minimum atomic E-state index is -0.162. The number of benzene rings is 1. The molecule has 1 aliphatic rings. The smallest absolute Gasteiger partial charge is 0.262 e. The Hall–Kier alpha value is -1.99. The van der Waals surface area contributed by atoms with Crippen molar-refractivity contribution in [3.8, 4) is 0 Å². The highest BCUT2D eigenvalue weighted by molar-refractivity contribution is 7.71. The van der Waals surface area contributed by atoms with E-state index in [-0.39, 0.29) is 30.5 Å². The second-order valence-corrected chi connectivity index (χ2v) is 6.88. The number of aromatic nitrogens is 2. The van der Waals surface area contributed by atoms with Gasteiger partial charge in [-0.05, 0) is 50.0 Å². The first-order valence-electron chi connectivity index (χ1n) is 8.65. The minimum Gasteiger partial charge on any atom is -0.381 e. The molecule has 25 heavy (non-hydrogen) atoms. The molecule has 0 spiro atoms. The zero-order chi connectivity index (χ0) is 17.8. The molecular weight excluding hydrogens is 338 g/mol. The Labute approximate surface area is 151 Å². The lowest BCUT2D eigenvalue weighted by molar-refractivity contribution is -0.122. The Kier molecular flexibility index (Phi) is 5.65. The third-order valence-corrected chi connectivity index (χ3v) is 5.14. The number of carbonyl (C=O) groups is 1. The van der Waals surface area contributed by atoms with Crippen molar-refractivity contribution >= 4 is 29.0 Å². The number of nitrogens with zero attached hydrogens (tertiary/aromatic N) is 1. The first-order valence-corrected chi connectivity index (χ1v) is 9.06. The number of hydrogen-bond acceptors (Lipinski definition) is 4. The lowest BCUT2D eigenvalue weighted by Crippen LogP contribution is -2.40. The maximum atomic E-state index is 12.6. The van der Waals surface area contributed by atoms with Crippen LogP contribution in [0.25, 0.3) is 10.9 Å². The molecule has 0 unspecified atom stereocenters. The molecule has 134 valence electrons. The molecule has 1 fully saturated rings. The van der Waals surface area contributed by atoms with Gasteiger partial charge in [-0.15, -0.1) is 0 Å². The van der Waals surface area contributed by atoms with Gasteiger partial charge in [-0.2, -0.15) is 0 Å². The van der Waals surface area contributed by atoms with Crippen LogP contribution in [0.1, 0.15) is 26.2 Å². The summed E-state index contributed by atoms with van der Waals surface area (Å²) in [7, 11) is 0. The van der Waals surface area contributed by atoms with E-state index in [4.69, 9.17) is 17.0 Å². The fraction of sp³-hybridized carbons (Fsp3) is 0.500. The van der Waals surface area contributed by atoms with Crippen LogP contribution in [0.5, 0.6) is 0 Å². The average molecular weight is 361 g/mol. The molecule has 2 heterocycles. The molecule has 3 rings (SSSR count). The Morgan fingerprint density at radius 2 is 2.12 bits per heavy atom. The van der Waals surface area contributed by atoms with Crippen molar-refractivity contribution in [1.82, 2.24) is 14.9 Å². The molecule has 1 aromatic carbocycles. The van der Waals surface area contributed by atoms with Gasteiger partial charge < -0.3 is 15.0 Å². The first kappa shape index (κ1) is 17.8. The quantitative estimate of drug-likeness (QED) is 0.802. The summed E-state index contributed by atoms with van der Waals surface area (Å²) < 4.78 is 7.15. The molecule has 0 aliphatic carbocycles. The molecule has 1 amide bonds. The van der Waals surface area contributed by atoms with Gasteiger partial charge in [0.05, 0.1) is 10.9 Å². The first-order chi connectivity index (χ1) is 12.1. The Balaban J connectivity index is 1.65. The molecule has 2 N–H and O–H groups in total. The van der Waals surface area contributed by atoms with Crippen LogP contribution in [0.2, 0.25) is 0 Å². The highest BCUT2D eigenvalue weighted by Gasteiger charge is 2.21. The Bertz CT molecular complexity index is 868. The number of rotatable bonds is 5. The molecular formula is C18H23N3O3S. The molecule has 0 bridgehead atoms. The van der Waals surface area contributed by atoms with Crippen molar-refractivity contribution in [3.63, 3.8) is 0 Å². The summed E-state index contributed by atoms with van der Waals surface area (Å²) in [5, 5.41) is 3.62. The van der Waals surface area contributed by atoms with E-state index in [0.717, 1.165) is 26.1 Å². The molecule has 2 aromatic rings. The average Bonchev–Trinajstić information content (AvgIpc) is 2.62. The van der Waals surface area contributed by atoms with Gasteiger partial charge in [0, 0.05) is 32.2 Å². The highest BCUT2D eigenvalue weighted by Crippen LogP contribution is 2.18. The van der Waals surface area contributed by atoms with Crippen molar-refractivity contribution < 1.29 is 9.53 Å². The van der Waals surface area contributed by atoms with Gasteiger partial charge in [0.1, 0.15) is 0 Å². The third kappa shape index (κ3) is 4.16. The van der Waals surface area contributed by atoms with Crippen molar-refractivity contribution in [2.75, 3.05) is 13.2 Å². The third-order valence-electron chi connectivity index (χ3n) is 4.81. The van der Waals surface area contributed by atoms with E-state index in [1.54, 1.807) is 6.07 Å². The Morgan fingerprint density at radius 3 is 2.88 bits per heavy atom. The van der Waals surface area contributed by atoms with E-state index in [2.05, 4.69) is 10.3 Å². The van der Waals surface area contributed by atoms with Crippen molar-refractivity contribution in [3.05, 3.63) is 39.4 Å². The van der Waals surface area contributed by atoms with Gasteiger partial charge in [0.25, 0.3) is 5.56 Å². The summed E-state index contributed by atoms with van der Waals surface area (Å²) in [5.74, 6) is 0.386. The van der Waals surface area contributed by atoms with E-state index in [0.29, 0.717) is 21.6 Å². The van der Waals surface area contributed by atoms with Crippen molar-refractivity contribution in [2.45, 2.75) is 38.8 Å². The molecule has 1 aliphatic heterocycles. The number of hydrogen-bond donors (Lipinski definition) is 2. The number of aromatic amines is 1. The molecule has 0 saturated carbocycles. The fourth-order valence-electron chi connectivity index (χ4n) is 3.28. The number of nitrogens with one attached hydrogen (secondary N) is 2. The maximum Gasteiger partial charge on any atom is 0.262 e. The zero-order valence-electron chi connectivity index (χ0n) is 14.3. The van der Waals surface area contributed by atoms with Gasteiger partial charge in [-0.25, -0.2) is 0 Å². The van der Waals surface area contributed by atoms with Crippen molar-refractivity contribution in [2.24, 2.45) is 5.92 Å². The van der Waals surface area contributed by atoms with Crippen LogP contribution in [-0.2, 0) is 16.1 Å². The largest absolute Gasteiger partial charge is 0.381 e. The van der Waals surface area contributed by atoms with E-state index in [1.807, 2.05) is 25.1 Å². The number of H-pyrrole nitrogens is 1. The predicted molar refractivity (Wildman–Crippen MR) is 99.2 cm³/mol. The summed E-state index contributed by atoms with van der Waals surface area (Å²) in [5.41, 5.74) is 0.552.